The monoisotopic (exact) mass is 313 g/mol. The van der Waals surface area contributed by atoms with Gasteiger partial charge in [-0.2, -0.15) is 0 Å². The SMILES string of the molecule is O=S(=O)(NC1CC1)[C@@H]1CCOC[C@H]1Cc1ccccc1F. The Kier molecular flexibility index (Phi) is 4.28. The maximum Gasteiger partial charge on any atom is 0.215 e. The molecule has 0 spiro atoms. The Bertz CT molecular complexity index is 601. The zero-order chi connectivity index (χ0) is 14.9. The van der Waals surface area contributed by atoms with Crippen LogP contribution in [0.1, 0.15) is 24.8 Å². The summed E-state index contributed by atoms with van der Waals surface area (Å²) in [5.41, 5.74) is 0.555. The van der Waals surface area contributed by atoms with Crippen molar-refractivity contribution in [1.29, 1.82) is 0 Å². The van der Waals surface area contributed by atoms with Crippen LogP contribution in [0.2, 0.25) is 0 Å². The zero-order valence-corrected chi connectivity index (χ0v) is 12.6. The molecule has 1 aliphatic carbocycles. The molecule has 4 nitrogen and oxygen atoms in total. The molecule has 21 heavy (non-hydrogen) atoms. The maximum atomic E-state index is 13.8. The summed E-state index contributed by atoms with van der Waals surface area (Å²) in [4.78, 5) is 0. The average Bonchev–Trinajstić information content (AvgIpc) is 3.25. The molecule has 1 saturated carbocycles. The van der Waals surface area contributed by atoms with E-state index in [4.69, 9.17) is 4.74 Å². The Morgan fingerprint density at radius 2 is 2.00 bits per heavy atom. The zero-order valence-electron chi connectivity index (χ0n) is 11.8. The summed E-state index contributed by atoms with van der Waals surface area (Å²) in [6.45, 7) is 0.814. The van der Waals surface area contributed by atoms with Crippen LogP contribution < -0.4 is 4.72 Å². The van der Waals surface area contributed by atoms with Gasteiger partial charge < -0.3 is 4.74 Å². The summed E-state index contributed by atoms with van der Waals surface area (Å²) in [6, 6.07) is 6.63. The molecule has 1 aromatic rings. The van der Waals surface area contributed by atoms with Crippen LogP contribution in [0.15, 0.2) is 24.3 Å². The van der Waals surface area contributed by atoms with E-state index < -0.39 is 15.3 Å². The van der Waals surface area contributed by atoms with Gasteiger partial charge in [0.25, 0.3) is 0 Å². The lowest BCUT2D eigenvalue weighted by atomic mass is 9.93. The van der Waals surface area contributed by atoms with Crippen molar-refractivity contribution in [3.05, 3.63) is 35.6 Å². The summed E-state index contributed by atoms with van der Waals surface area (Å²) in [5.74, 6) is -0.485. The summed E-state index contributed by atoms with van der Waals surface area (Å²) in [5, 5.41) is -0.494. The second kappa shape index (κ2) is 6.02. The van der Waals surface area contributed by atoms with E-state index in [-0.39, 0.29) is 17.8 Å². The summed E-state index contributed by atoms with van der Waals surface area (Å²) in [7, 11) is -3.35. The number of benzene rings is 1. The quantitative estimate of drug-likeness (QED) is 0.902. The molecule has 0 aromatic heterocycles. The van der Waals surface area contributed by atoms with E-state index in [1.54, 1.807) is 18.2 Å². The van der Waals surface area contributed by atoms with Crippen LogP contribution >= 0.6 is 0 Å². The van der Waals surface area contributed by atoms with Crippen LogP contribution in [0.5, 0.6) is 0 Å². The fourth-order valence-electron chi connectivity index (χ4n) is 2.84. The molecule has 1 aromatic carbocycles. The van der Waals surface area contributed by atoms with Gasteiger partial charge in [-0.05, 0) is 37.3 Å². The number of sulfonamides is 1. The molecule has 116 valence electrons. The number of hydrogen-bond acceptors (Lipinski definition) is 3. The first-order chi connectivity index (χ1) is 10.1. The molecule has 1 N–H and O–H groups in total. The van der Waals surface area contributed by atoms with Crippen molar-refractivity contribution in [3.63, 3.8) is 0 Å². The molecule has 1 aliphatic heterocycles. The van der Waals surface area contributed by atoms with E-state index in [0.29, 0.717) is 31.6 Å². The minimum Gasteiger partial charge on any atom is -0.381 e. The fourth-order valence-corrected chi connectivity index (χ4v) is 4.81. The highest BCUT2D eigenvalue weighted by Gasteiger charge is 2.39. The third-order valence-electron chi connectivity index (χ3n) is 4.15. The third kappa shape index (κ3) is 3.62. The highest BCUT2D eigenvalue weighted by atomic mass is 32.2. The van der Waals surface area contributed by atoms with Gasteiger partial charge in [-0.25, -0.2) is 17.5 Å². The summed E-state index contributed by atoms with van der Waals surface area (Å²) >= 11 is 0. The van der Waals surface area contributed by atoms with Crippen molar-refractivity contribution < 1.29 is 17.5 Å². The van der Waals surface area contributed by atoms with E-state index in [1.807, 2.05) is 0 Å². The number of nitrogens with one attached hydrogen (secondary N) is 1. The molecule has 0 bridgehead atoms. The molecular formula is C15H20FNO3S. The van der Waals surface area contributed by atoms with Crippen molar-refractivity contribution in [1.82, 2.24) is 4.72 Å². The van der Waals surface area contributed by atoms with Crippen molar-refractivity contribution in [2.24, 2.45) is 5.92 Å². The van der Waals surface area contributed by atoms with Gasteiger partial charge in [-0.1, -0.05) is 18.2 Å². The van der Waals surface area contributed by atoms with Crippen molar-refractivity contribution in [2.45, 2.75) is 37.0 Å². The topological polar surface area (TPSA) is 55.4 Å². The van der Waals surface area contributed by atoms with Crippen LogP contribution in [0.4, 0.5) is 4.39 Å². The lowest BCUT2D eigenvalue weighted by Gasteiger charge is -2.31. The van der Waals surface area contributed by atoms with Crippen molar-refractivity contribution >= 4 is 10.0 Å². The first-order valence-electron chi connectivity index (χ1n) is 7.38. The summed E-state index contributed by atoms with van der Waals surface area (Å²) < 4.78 is 46.9. The fraction of sp³-hybridized carbons (Fsp3) is 0.600. The highest BCUT2D eigenvalue weighted by molar-refractivity contribution is 7.90. The normalized spacial score (nSPS) is 26.7. The standard InChI is InChI=1S/C15H20FNO3S/c16-14-4-2-1-3-11(14)9-12-10-20-8-7-15(12)21(18,19)17-13-5-6-13/h1-4,12-13,15,17H,5-10H2/t12-,15-/m1/s1. The van der Waals surface area contributed by atoms with Gasteiger partial charge >= 0.3 is 0 Å². The molecule has 0 amide bonds. The smallest absolute Gasteiger partial charge is 0.215 e. The molecule has 0 radical (unpaired) electrons. The summed E-state index contributed by atoms with van der Waals surface area (Å²) in [6.07, 6.45) is 2.70. The molecule has 2 atom stereocenters. The Morgan fingerprint density at radius 1 is 1.24 bits per heavy atom. The van der Waals surface area contributed by atoms with Gasteiger partial charge in [0.05, 0.1) is 11.9 Å². The predicted octanol–water partition coefficient (Wildman–Crippen LogP) is 1.86. The van der Waals surface area contributed by atoms with Crippen molar-refractivity contribution in [3.8, 4) is 0 Å². The van der Waals surface area contributed by atoms with Gasteiger partial charge in [-0.15, -0.1) is 0 Å². The lowest BCUT2D eigenvalue weighted by Crippen LogP contribution is -2.45. The van der Waals surface area contributed by atoms with E-state index in [0.717, 1.165) is 12.8 Å². The van der Waals surface area contributed by atoms with E-state index in [9.17, 15) is 12.8 Å². The van der Waals surface area contributed by atoms with Crippen LogP contribution in [0.25, 0.3) is 0 Å². The largest absolute Gasteiger partial charge is 0.381 e. The van der Waals surface area contributed by atoms with Crippen molar-refractivity contribution in [2.75, 3.05) is 13.2 Å². The minimum atomic E-state index is -3.35. The molecule has 2 aliphatic rings. The lowest BCUT2D eigenvalue weighted by molar-refractivity contribution is 0.0567. The van der Waals surface area contributed by atoms with E-state index >= 15 is 0 Å². The van der Waals surface area contributed by atoms with Gasteiger partial charge in [0.15, 0.2) is 0 Å². The van der Waals surface area contributed by atoms with Gasteiger partial charge in [0.2, 0.25) is 10.0 Å². The first-order valence-corrected chi connectivity index (χ1v) is 8.93. The van der Waals surface area contributed by atoms with Gasteiger partial charge in [0, 0.05) is 18.6 Å². The predicted molar refractivity (Wildman–Crippen MR) is 77.9 cm³/mol. The molecule has 0 unspecified atom stereocenters. The minimum absolute atomic E-state index is 0.104. The maximum absolute atomic E-state index is 13.8. The average molecular weight is 313 g/mol. The molecule has 3 rings (SSSR count). The second-order valence-electron chi connectivity index (χ2n) is 5.89. The number of ether oxygens (including phenoxy) is 1. The highest BCUT2D eigenvalue weighted by Crippen LogP contribution is 2.28. The van der Waals surface area contributed by atoms with Crippen LogP contribution in [0, 0.1) is 11.7 Å². The Labute approximate surface area is 124 Å². The molecule has 2 fully saturated rings. The van der Waals surface area contributed by atoms with E-state index in [1.165, 1.54) is 6.07 Å². The van der Waals surface area contributed by atoms with Gasteiger partial charge in [-0.3, -0.25) is 0 Å². The van der Waals surface area contributed by atoms with Crippen LogP contribution in [-0.2, 0) is 21.2 Å². The second-order valence-corrected chi connectivity index (χ2v) is 7.83. The number of halogens is 1. The van der Waals surface area contributed by atoms with E-state index in [2.05, 4.69) is 4.72 Å². The Balaban J connectivity index is 1.76. The Morgan fingerprint density at radius 3 is 2.71 bits per heavy atom. The number of hydrogen-bond donors (Lipinski definition) is 1. The van der Waals surface area contributed by atoms with Gasteiger partial charge in [0.1, 0.15) is 5.82 Å². The molecular weight excluding hydrogens is 293 g/mol. The molecule has 1 saturated heterocycles. The molecule has 6 heteroatoms. The first kappa shape index (κ1) is 14.9. The third-order valence-corrected chi connectivity index (χ3v) is 6.23. The van der Waals surface area contributed by atoms with Crippen LogP contribution in [-0.4, -0.2) is 32.9 Å². The van der Waals surface area contributed by atoms with Crippen LogP contribution in [0.3, 0.4) is 0 Å². The molecule has 1 heterocycles. The number of rotatable bonds is 5. The Hall–Kier alpha value is -0.980.